The van der Waals surface area contributed by atoms with Gasteiger partial charge in [-0.15, -0.1) is 0 Å². The molecule has 0 radical (unpaired) electrons. The Morgan fingerprint density at radius 3 is 2.78 bits per heavy atom. The summed E-state index contributed by atoms with van der Waals surface area (Å²) in [6.07, 6.45) is -1.39. The minimum absolute atomic E-state index is 0.144. The number of nitrogens with one attached hydrogen (secondary N) is 1. The molecule has 1 heterocycles. The van der Waals surface area contributed by atoms with Crippen LogP contribution in [-0.2, 0) is 6.18 Å². The molecule has 0 bridgehead atoms. The second-order valence-corrected chi connectivity index (χ2v) is 4.78. The van der Waals surface area contributed by atoms with Gasteiger partial charge in [0.15, 0.2) is 5.69 Å². The van der Waals surface area contributed by atoms with Gasteiger partial charge in [-0.05, 0) is 30.4 Å². The van der Waals surface area contributed by atoms with Crippen LogP contribution in [0.1, 0.15) is 31.9 Å². The maximum atomic E-state index is 12.5. The molecule has 1 N–H and O–H groups in total. The van der Waals surface area contributed by atoms with Gasteiger partial charge < -0.3 is 5.32 Å². The molecule has 1 aliphatic carbocycles. The van der Waals surface area contributed by atoms with E-state index in [0.717, 1.165) is 25.3 Å². The molecule has 0 aromatic carbocycles. The molecule has 2 atom stereocenters. The monoisotopic (exact) mass is 279 g/mol. The average Bonchev–Trinajstić information content (AvgIpc) is 2.94. The lowest BCUT2D eigenvalue weighted by Crippen LogP contribution is -2.12. The average molecular weight is 280 g/mol. The summed E-state index contributed by atoms with van der Waals surface area (Å²) in [7, 11) is 0. The fourth-order valence-electron chi connectivity index (χ4n) is 1.94. The Morgan fingerprint density at radius 1 is 1.44 bits per heavy atom. The highest BCUT2D eigenvalue weighted by Crippen LogP contribution is 2.37. The van der Waals surface area contributed by atoms with E-state index >= 15 is 0 Å². The molecule has 1 fully saturated rings. The first-order valence-electron chi connectivity index (χ1n) is 5.78. The molecule has 2 unspecified atom stereocenters. The van der Waals surface area contributed by atoms with E-state index in [2.05, 4.69) is 22.2 Å². The Morgan fingerprint density at radius 2 is 2.17 bits per heavy atom. The molecule has 1 aliphatic rings. The lowest BCUT2D eigenvalue weighted by atomic mass is 10.2. The van der Waals surface area contributed by atoms with Crippen molar-refractivity contribution >= 4 is 17.4 Å². The minimum atomic E-state index is -4.50. The summed E-state index contributed by atoms with van der Waals surface area (Å²) in [5, 5.41) is 2.58. The number of halogens is 4. The van der Waals surface area contributed by atoms with Gasteiger partial charge in [-0.2, -0.15) is 13.2 Å². The second kappa shape index (κ2) is 4.91. The zero-order valence-corrected chi connectivity index (χ0v) is 10.5. The molecule has 0 aliphatic heterocycles. The fourth-order valence-corrected chi connectivity index (χ4v) is 2.12. The van der Waals surface area contributed by atoms with Crippen molar-refractivity contribution in [1.82, 2.24) is 9.97 Å². The Kier molecular flexibility index (Phi) is 3.66. The molecular formula is C11H13ClF3N3. The summed E-state index contributed by atoms with van der Waals surface area (Å²) in [6, 6.07) is 1.10. The standard InChI is InChI=1S/C11H13ClF3N3/c1-2-3-6-4-7(6)16-9-5-8(11(13,14)15)17-10(12)18-9/h5-7H,2-4H2,1H3,(H,16,17,18). The van der Waals surface area contributed by atoms with Crippen molar-refractivity contribution in [2.75, 3.05) is 5.32 Å². The number of alkyl halides is 3. The van der Waals surface area contributed by atoms with E-state index < -0.39 is 11.9 Å². The molecule has 1 saturated carbocycles. The van der Waals surface area contributed by atoms with Crippen molar-refractivity contribution in [3.8, 4) is 0 Å². The van der Waals surface area contributed by atoms with Gasteiger partial charge in [-0.1, -0.05) is 13.3 Å². The van der Waals surface area contributed by atoms with Crippen LogP contribution in [0.15, 0.2) is 6.07 Å². The van der Waals surface area contributed by atoms with E-state index in [9.17, 15) is 13.2 Å². The maximum Gasteiger partial charge on any atom is 0.433 e. The smallest absolute Gasteiger partial charge is 0.367 e. The molecule has 0 amide bonds. The first-order valence-corrected chi connectivity index (χ1v) is 6.16. The van der Waals surface area contributed by atoms with Gasteiger partial charge in [0.25, 0.3) is 0 Å². The van der Waals surface area contributed by atoms with Gasteiger partial charge in [0, 0.05) is 12.1 Å². The van der Waals surface area contributed by atoms with Gasteiger partial charge in [-0.3, -0.25) is 0 Å². The second-order valence-electron chi connectivity index (χ2n) is 4.44. The van der Waals surface area contributed by atoms with Crippen LogP contribution >= 0.6 is 11.6 Å². The SMILES string of the molecule is CCCC1CC1Nc1cc(C(F)(F)F)nc(Cl)n1. The van der Waals surface area contributed by atoms with E-state index in [1.807, 2.05) is 0 Å². The highest BCUT2D eigenvalue weighted by molar-refractivity contribution is 6.28. The number of nitrogens with zero attached hydrogens (tertiary/aromatic N) is 2. The maximum absolute atomic E-state index is 12.5. The molecule has 1 aromatic rings. The summed E-state index contributed by atoms with van der Waals surface area (Å²) in [5.74, 6) is 0.670. The molecular weight excluding hydrogens is 267 g/mol. The zero-order valence-electron chi connectivity index (χ0n) is 9.76. The van der Waals surface area contributed by atoms with E-state index in [1.165, 1.54) is 0 Å². The third kappa shape index (κ3) is 3.25. The van der Waals surface area contributed by atoms with Crippen molar-refractivity contribution < 1.29 is 13.2 Å². The Bertz CT molecular complexity index is 436. The summed E-state index contributed by atoms with van der Waals surface area (Å²) in [4.78, 5) is 6.94. The first kappa shape index (κ1) is 13.4. The quantitative estimate of drug-likeness (QED) is 0.853. The fraction of sp³-hybridized carbons (Fsp3) is 0.636. The Balaban J connectivity index is 2.08. The topological polar surface area (TPSA) is 37.8 Å². The highest BCUT2D eigenvalue weighted by Gasteiger charge is 2.37. The van der Waals surface area contributed by atoms with Crippen LogP contribution in [0.3, 0.4) is 0 Å². The van der Waals surface area contributed by atoms with Crippen LogP contribution in [0.25, 0.3) is 0 Å². The van der Waals surface area contributed by atoms with Gasteiger partial charge >= 0.3 is 6.18 Å². The van der Waals surface area contributed by atoms with Gasteiger partial charge in [-0.25, -0.2) is 9.97 Å². The number of rotatable bonds is 4. The number of anilines is 1. The first-order chi connectivity index (χ1) is 8.40. The molecule has 2 rings (SSSR count). The normalized spacial score (nSPS) is 22.9. The molecule has 3 nitrogen and oxygen atoms in total. The van der Waals surface area contributed by atoms with Crippen LogP contribution in [0, 0.1) is 5.92 Å². The number of aromatic nitrogens is 2. The van der Waals surface area contributed by atoms with Crippen molar-refractivity contribution in [2.24, 2.45) is 5.92 Å². The zero-order chi connectivity index (χ0) is 13.3. The van der Waals surface area contributed by atoms with Crippen LogP contribution in [0.2, 0.25) is 5.28 Å². The molecule has 1 aromatic heterocycles. The Hall–Kier alpha value is -1.04. The minimum Gasteiger partial charge on any atom is -0.367 e. The lowest BCUT2D eigenvalue weighted by Gasteiger charge is -2.09. The highest BCUT2D eigenvalue weighted by atomic mass is 35.5. The Labute approximate surface area is 108 Å². The van der Waals surface area contributed by atoms with Crippen molar-refractivity contribution in [1.29, 1.82) is 0 Å². The van der Waals surface area contributed by atoms with E-state index in [-0.39, 0.29) is 17.1 Å². The summed E-state index contributed by atoms with van der Waals surface area (Å²) in [6.45, 7) is 2.08. The van der Waals surface area contributed by atoms with E-state index in [0.29, 0.717) is 5.92 Å². The van der Waals surface area contributed by atoms with Crippen LogP contribution < -0.4 is 5.32 Å². The molecule has 100 valence electrons. The van der Waals surface area contributed by atoms with Crippen molar-refractivity contribution in [3.05, 3.63) is 17.0 Å². The number of hydrogen-bond donors (Lipinski definition) is 1. The number of hydrogen-bond acceptors (Lipinski definition) is 3. The van der Waals surface area contributed by atoms with Gasteiger partial charge in [0.1, 0.15) is 5.82 Å². The molecule has 0 saturated heterocycles. The molecule has 7 heteroatoms. The van der Waals surface area contributed by atoms with Crippen molar-refractivity contribution in [3.63, 3.8) is 0 Å². The van der Waals surface area contributed by atoms with E-state index in [1.54, 1.807) is 0 Å². The summed E-state index contributed by atoms with van der Waals surface area (Å²) in [5.41, 5.74) is -1.02. The molecule has 0 spiro atoms. The van der Waals surface area contributed by atoms with Crippen LogP contribution in [-0.4, -0.2) is 16.0 Å². The third-order valence-corrected chi connectivity index (χ3v) is 3.07. The third-order valence-electron chi connectivity index (χ3n) is 2.90. The van der Waals surface area contributed by atoms with E-state index in [4.69, 9.17) is 11.6 Å². The summed E-state index contributed by atoms with van der Waals surface area (Å²) < 4.78 is 37.6. The van der Waals surface area contributed by atoms with Crippen LogP contribution in [0.5, 0.6) is 0 Å². The lowest BCUT2D eigenvalue weighted by molar-refractivity contribution is -0.141. The van der Waals surface area contributed by atoms with Crippen LogP contribution in [0.4, 0.5) is 19.0 Å². The predicted molar refractivity (Wildman–Crippen MR) is 62.5 cm³/mol. The van der Waals surface area contributed by atoms with Crippen molar-refractivity contribution in [2.45, 2.75) is 38.4 Å². The summed E-state index contributed by atoms with van der Waals surface area (Å²) >= 11 is 5.50. The van der Waals surface area contributed by atoms with Gasteiger partial charge in [0.05, 0.1) is 0 Å². The van der Waals surface area contributed by atoms with Gasteiger partial charge in [0.2, 0.25) is 5.28 Å². The predicted octanol–water partition coefficient (Wildman–Crippen LogP) is 3.75. The molecule has 18 heavy (non-hydrogen) atoms. The largest absolute Gasteiger partial charge is 0.433 e.